The van der Waals surface area contributed by atoms with E-state index in [4.69, 9.17) is 4.74 Å². The number of ether oxygens (including phenoxy) is 1. The SMILES string of the molecule is CCC1OC(=O)C(C)C(O)C(C)CCC/C(C)=C(\O)CCC1O. The number of aliphatic hydroxyl groups is 3. The predicted octanol–water partition coefficient (Wildman–Crippen LogP) is 3.10. The van der Waals surface area contributed by atoms with Crippen molar-refractivity contribution in [1.29, 1.82) is 0 Å². The van der Waals surface area contributed by atoms with Gasteiger partial charge in [-0.1, -0.05) is 13.8 Å². The zero-order chi connectivity index (χ0) is 17.6. The maximum atomic E-state index is 12.2. The van der Waals surface area contributed by atoms with Crippen LogP contribution in [0.1, 0.15) is 66.2 Å². The predicted molar refractivity (Wildman–Crippen MR) is 88.9 cm³/mol. The van der Waals surface area contributed by atoms with Crippen molar-refractivity contribution < 1.29 is 24.9 Å². The zero-order valence-electron chi connectivity index (χ0n) is 14.8. The number of rotatable bonds is 1. The Morgan fingerprint density at radius 3 is 2.43 bits per heavy atom. The lowest BCUT2D eigenvalue weighted by Gasteiger charge is -2.28. The Morgan fingerprint density at radius 1 is 1.17 bits per heavy atom. The highest BCUT2D eigenvalue weighted by atomic mass is 16.6. The molecule has 1 rings (SSSR count). The molecule has 0 bridgehead atoms. The number of esters is 1. The Balaban J connectivity index is 2.94. The lowest BCUT2D eigenvalue weighted by atomic mass is 9.88. The van der Waals surface area contributed by atoms with Gasteiger partial charge in [-0.05, 0) is 57.4 Å². The van der Waals surface area contributed by atoms with Crippen molar-refractivity contribution in [2.45, 2.75) is 84.5 Å². The number of cyclic esters (lactones) is 1. The van der Waals surface area contributed by atoms with Crippen LogP contribution < -0.4 is 0 Å². The zero-order valence-corrected chi connectivity index (χ0v) is 14.8. The fraction of sp³-hybridized carbons (Fsp3) is 0.833. The smallest absolute Gasteiger partial charge is 0.311 e. The van der Waals surface area contributed by atoms with E-state index in [0.29, 0.717) is 25.0 Å². The van der Waals surface area contributed by atoms with Crippen LogP contribution in [-0.2, 0) is 9.53 Å². The quantitative estimate of drug-likeness (QED) is 0.644. The molecule has 0 saturated heterocycles. The molecule has 0 spiro atoms. The van der Waals surface area contributed by atoms with Crippen LogP contribution in [-0.4, -0.2) is 39.6 Å². The van der Waals surface area contributed by atoms with Gasteiger partial charge >= 0.3 is 5.97 Å². The summed E-state index contributed by atoms with van der Waals surface area (Å²) in [7, 11) is 0. The van der Waals surface area contributed by atoms with Crippen molar-refractivity contribution in [2.75, 3.05) is 0 Å². The van der Waals surface area contributed by atoms with E-state index in [-0.39, 0.29) is 5.92 Å². The number of allylic oxidation sites excluding steroid dienone is 2. The molecule has 5 unspecified atom stereocenters. The van der Waals surface area contributed by atoms with Crippen molar-refractivity contribution >= 4 is 5.97 Å². The molecule has 0 fully saturated rings. The third-order valence-corrected chi connectivity index (χ3v) is 4.95. The molecule has 23 heavy (non-hydrogen) atoms. The van der Waals surface area contributed by atoms with E-state index >= 15 is 0 Å². The van der Waals surface area contributed by atoms with Gasteiger partial charge in [-0.3, -0.25) is 4.79 Å². The Kier molecular flexibility index (Phi) is 8.06. The van der Waals surface area contributed by atoms with Gasteiger partial charge in [-0.2, -0.15) is 0 Å². The molecule has 0 radical (unpaired) electrons. The highest BCUT2D eigenvalue weighted by molar-refractivity contribution is 5.73. The first kappa shape index (κ1) is 20.0. The third-order valence-electron chi connectivity index (χ3n) is 4.95. The molecule has 5 nitrogen and oxygen atoms in total. The van der Waals surface area contributed by atoms with Crippen LogP contribution in [0.25, 0.3) is 0 Å². The van der Waals surface area contributed by atoms with Crippen LogP contribution in [0.3, 0.4) is 0 Å². The number of hydrogen-bond donors (Lipinski definition) is 3. The first-order valence-corrected chi connectivity index (χ1v) is 8.72. The molecule has 0 aromatic heterocycles. The molecule has 5 heteroatoms. The Hall–Kier alpha value is -1.07. The number of carbonyl (C=O) groups is 1. The minimum absolute atomic E-state index is 0.0274. The van der Waals surface area contributed by atoms with Crippen molar-refractivity contribution in [1.82, 2.24) is 0 Å². The molecule has 1 aliphatic heterocycles. The van der Waals surface area contributed by atoms with Gasteiger partial charge in [0.05, 0.1) is 23.9 Å². The summed E-state index contributed by atoms with van der Waals surface area (Å²) in [6.45, 7) is 7.33. The minimum atomic E-state index is -0.816. The van der Waals surface area contributed by atoms with Crippen molar-refractivity contribution in [2.24, 2.45) is 11.8 Å². The van der Waals surface area contributed by atoms with Crippen molar-refractivity contribution in [3.63, 3.8) is 0 Å². The monoisotopic (exact) mass is 328 g/mol. The van der Waals surface area contributed by atoms with E-state index in [9.17, 15) is 20.1 Å². The van der Waals surface area contributed by atoms with Gasteiger partial charge in [0.2, 0.25) is 0 Å². The summed E-state index contributed by atoms with van der Waals surface area (Å²) in [5, 5.41) is 30.7. The van der Waals surface area contributed by atoms with Crippen LogP contribution in [0.15, 0.2) is 11.3 Å². The molecule has 0 saturated carbocycles. The van der Waals surface area contributed by atoms with Gasteiger partial charge in [0.25, 0.3) is 0 Å². The topological polar surface area (TPSA) is 87.0 Å². The molecule has 0 aromatic carbocycles. The minimum Gasteiger partial charge on any atom is -0.512 e. The van der Waals surface area contributed by atoms with E-state index in [1.54, 1.807) is 6.92 Å². The second-order valence-electron chi connectivity index (χ2n) is 6.87. The first-order valence-electron chi connectivity index (χ1n) is 8.72. The second-order valence-corrected chi connectivity index (χ2v) is 6.87. The van der Waals surface area contributed by atoms with Gasteiger partial charge in [0.1, 0.15) is 6.10 Å². The molecule has 0 aromatic rings. The normalized spacial score (nSPS) is 38.7. The maximum absolute atomic E-state index is 12.2. The van der Waals surface area contributed by atoms with Gasteiger partial charge in [0.15, 0.2) is 0 Å². The van der Waals surface area contributed by atoms with E-state index in [1.165, 1.54) is 0 Å². The summed E-state index contributed by atoms with van der Waals surface area (Å²) in [5.41, 5.74) is 0.925. The number of hydrogen-bond acceptors (Lipinski definition) is 5. The molecule has 1 heterocycles. The van der Waals surface area contributed by atoms with Crippen LogP contribution in [0.4, 0.5) is 0 Å². The fourth-order valence-electron chi connectivity index (χ4n) is 3.01. The van der Waals surface area contributed by atoms with Gasteiger partial charge < -0.3 is 20.1 Å². The molecule has 134 valence electrons. The van der Waals surface area contributed by atoms with Crippen molar-refractivity contribution in [3.05, 3.63) is 11.3 Å². The van der Waals surface area contributed by atoms with E-state index in [2.05, 4.69) is 0 Å². The fourth-order valence-corrected chi connectivity index (χ4v) is 3.01. The van der Waals surface area contributed by atoms with Crippen LogP contribution in [0.5, 0.6) is 0 Å². The molecule has 0 aliphatic carbocycles. The molecule has 3 N–H and O–H groups in total. The van der Waals surface area contributed by atoms with E-state index in [1.807, 2.05) is 20.8 Å². The lowest BCUT2D eigenvalue weighted by Crippen LogP contribution is -2.38. The average molecular weight is 328 g/mol. The molecular formula is C18H32O5. The molecular weight excluding hydrogens is 296 g/mol. The van der Waals surface area contributed by atoms with E-state index in [0.717, 1.165) is 24.8 Å². The Labute approximate surface area is 139 Å². The molecule has 1 aliphatic rings. The molecule has 5 atom stereocenters. The van der Waals surface area contributed by atoms with Crippen LogP contribution in [0.2, 0.25) is 0 Å². The maximum Gasteiger partial charge on any atom is 0.311 e. The van der Waals surface area contributed by atoms with Crippen molar-refractivity contribution in [3.8, 4) is 0 Å². The first-order chi connectivity index (χ1) is 10.8. The largest absolute Gasteiger partial charge is 0.512 e. The van der Waals surface area contributed by atoms with Crippen LogP contribution in [0, 0.1) is 11.8 Å². The second kappa shape index (κ2) is 9.28. The summed E-state index contributed by atoms with van der Waals surface area (Å²) in [6, 6.07) is 0. The summed E-state index contributed by atoms with van der Waals surface area (Å²) < 4.78 is 5.40. The molecule has 0 amide bonds. The van der Waals surface area contributed by atoms with Gasteiger partial charge in [-0.15, -0.1) is 0 Å². The number of carbonyl (C=O) groups excluding carboxylic acids is 1. The summed E-state index contributed by atoms with van der Waals surface area (Å²) in [6.07, 6.45) is 1.42. The van der Waals surface area contributed by atoms with Gasteiger partial charge in [-0.25, -0.2) is 0 Å². The van der Waals surface area contributed by atoms with E-state index < -0.39 is 30.2 Å². The highest BCUT2D eigenvalue weighted by Gasteiger charge is 2.31. The summed E-state index contributed by atoms with van der Waals surface area (Å²) in [5.74, 6) is -0.799. The average Bonchev–Trinajstić information content (AvgIpc) is 2.54. The highest BCUT2D eigenvalue weighted by Crippen LogP contribution is 2.25. The third kappa shape index (κ3) is 5.81. The van der Waals surface area contributed by atoms with Gasteiger partial charge in [0, 0.05) is 6.42 Å². The lowest BCUT2D eigenvalue weighted by molar-refractivity contribution is -0.165. The summed E-state index contributed by atoms with van der Waals surface area (Å²) in [4.78, 5) is 12.2. The summed E-state index contributed by atoms with van der Waals surface area (Å²) >= 11 is 0. The Bertz CT molecular complexity index is 418. The number of aliphatic hydroxyl groups excluding tert-OH is 3. The van der Waals surface area contributed by atoms with Crippen LogP contribution >= 0.6 is 0 Å². The Morgan fingerprint density at radius 2 is 1.83 bits per heavy atom. The standard InChI is InChI=1S/C18H32O5/c1-5-16-15(20)10-9-14(19)11(2)7-6-8-12(3)17(21)13(4)18(22)23-16/h12-13,15-17,19-21H,5-10H2,1-4H3/b14-11-.